The summed E-state index contributed by atoms with van der Waals surface area (Å²) in [6.07, 6.45) is 1.90. The number of thioether (sulfide) groups is 1. The van der Waals surface area contributed by atoms with E-state index in [-0.39, 0.29) is 17.9 Å². The highest BCUT2D eigenvalue weighted by Crippen LogP contribution is 2.17. The topological polar surface area (TPSA) is 61.4 Å². The van der Waals surface area contributed by atoms with Gasteiger partial charge < -0.3 is 15.5 Å². The predicted octanol–water partition coefficient (Wildman–Crippen LogP) is 1.57. The van der Waals surface area contributed by atoms with Gasteiger partial charge in [0.25, 0.3) is 5.91 Å². The van der Waals surface area contributed by atoms with E-state index >= 15 is 0 Å². The Hall–Kier alpha value is -1.53. The Morgan fingerprint density at radius 3 is 2.82 bits per heavy atom. The number of hydrogen-bond acceptors (Lipinski definition) is 4. The van der Waals surface area contributed by atoms with Gasteiger partial charge in [0.1, 0.15) is 0 Å². The lowest BCUT2D eigenvalue weighted by atomic mass is 10.1. The Morgan fingerprint density at radius 1 is 1.27 bits per heavy atom. The number of carbonyl (C=O) groups excluding carboxylic acids is 2. The quantitative estimate of drug-likeness (QED) is 0.888. The van der Waals surface area contributed by atoms with E-state index in [1.807, 2.05) is 34.9 Å². The fourth-order valence-corrected chi connectivity index (χ4v) is 3.72. The highest BCUT2D eigenvalue weighted by Gasteiger charge is 2.22. The van der Waals surface area contributed by atoms with Gasteiger partial charge >= 0.3 is 0 Å². The van der Waals surface area contributed by atoms with Crippen molar-refractivity contribution in [3.8, 4) is 0 Å². The lowest BCUT2D eigenvalue weighted by molar-refractivity contribution is -0.117. The minimum atomic E-state index is -0.113. The van der Waals surface area contributed by atoms with E-state index in [4.69, 9.17) is 0 Å². The number of benzene rings is 1. The molecule has 118 valence electrons. The number of rotatable bonds is 3. The van der Waals surface area contributed by atoms with E-state index in [0.29, 0.717) is 11.3 Å². The summed E-state index contributed by atoms with van der Waals surface area (Å²) in [7, 11) is 0. The van der Waals surface area contributed by atoms with Crippen LogP contribution in [0.15, 0.2) is 24.3 Å². The monoisotopic (exact) mass is 319 g/mol. The van der Waals surface area contributed by atoms with Gasteiger partial charge in [0, 0.05) is 35.8 Å². The fraction of sp³-hybridized carbons (Fsp3) is 0.500. The summed E-state index contributed by atoms with van der Waals surface area (Å²) in [4.78, 5) is 26.5. The second kappa shape index (κ2) is 7.15. The van der Waals surface area contributed by atoms with Gasteiger partial charge in [-0.05, 0) is 37.6 Å². The molecule has 1 aromatic carbocycles. The molecule has 22 heavy (non-hydrogen) atoms. The summed E-state index contributed by atoms with van der Waals surface area (Å²) in [6, 6.07) is 7.13. The Morgan fingerprint density at radius 2 is 2.09 bits per heavy atom. The highest BCUT2D eigenvalue weighted by molar-refractivity contribution is 7.99. The zero-order valence-corrected chi connectivity index (χ0v) is 13.3. The SMILES string of the molecule is O=C(Nc1cccc(C(=O)N2CCSCC2)c1)C1CCCN1. The van der Waals surface area contributed by atoms with Gasteiger partial charge in [-0.2, -0.15) is 11.8 Å². The maximum absolute atomic E-state index is 12.5. The van der Waals surface area contributed by atoms with Gasteiger partial charge in [-0.25, -0.2) is 0 Å². The van der Waals surface area contributed by atoms with E-state index in [1.54, 1.807) is 6.07 Å². The Bertz CT molecular complexity index is 552. The summed E-state index contributed by atoms with van der Waals surface area (Å²) in [5.41, 5.74) is 1.33. The molecule has 5 nitrogen and oxygen atoms in total. The van der Waals surface area contributed by atoms with E-state index in [1.165, 1.54) is 0 Å². The van der Waals surface area contributed by atoms with Crippen LogP contribution in [0.25, 0.3) is 0 Å². The van der Waals surface area contributed by atoms with Gasteiger partial charge in [-0.1, -0.05) is 6.07 Å². The lowest BCUT2D eigenvalue weighted by Gasteiger charge is -2.26. The summed E-state index contributed by atoms with van der Waals surface area (Å²) >= 11 is 1.88. The fourth-order valence-electron chi connectivity index (χ4n) is 2.82. The number of carbonyl (C=O) groups is 2. The molecule has 0 saturated carbocycles. The van der Waals surface area contributed by atoms with Crippen LogP contribution < -0.4 is 10.6 Å². The molecule has 6 heteroatoms. The third-order valence-corrected chi connectivity index (χ3v) is 4.99. The molecule has 2 aliphatic rings. The van der Waals surface area contributed by atoms with Gasteiger partial charge in [0.15, 0.2) is 0 Å². The van der Waals surface area contributed by atoms with Crippen molar-refractivity contribution in [1.29, 1.82) is 0 Å². The van der Waals surface area contributed by atoms with E-state index in [9.17, 15) is 9.59 Å². The van der Waals surface area contributed by atoms with Gasteiger partial charge in [0.2, 0.25) is 5.91 Å². The van der Waals surface area contributed by atoms with Gasteiger partial charge in [-0.15, -0.1) is 0 Å². The molecule has 2 aliphatic heterocycles. The van der Waals surface area contributed by atoms with E-state index in [2.05, 4.69) is 10.6 Å². The first-order valence-electron chi connectivity index (χ1n) is 7.75. The van der Waals surface area contributed by atoms with Crippen molar-refractivity contribution < 1.29 is 9.59 Å². The second-order valence-electron chi connectivity index (χ2n) is 5.62. The maximum atomic E-state index is 12.5. The first-order valence-corrected chi connectivity index (χ1v) is 8.91. The van der Waals surface area contributed by atoms with Crippen molar-refractivity contribution in [3.05, 3.63) is 29.8 Å². The molecule has 0 aromatic heterocycles. The molecule has 0 spiro atoms. The van der Waals surface area contributed by atoms with Crippen LogP contribution in [0.2, 0.25) is 0 Å². The van der Waals surface area contributed by atoms with Crippen molar-refractivity contribution in [2.75, 3.05) is 36.5 Å². The largest absolute Gasteiger partial charge is 0.337 e. The van der Waals surface area contributed by atoms with E-state index in [0.717, 1.165) is 44.0 Å². The van der Waals surface area contributed by atoms with Gasteiger partial charge in [0.05, 0.1) is 6.04 Å². The molecule has 2 saturated heterocycles. The van der Waals surface area contributed by atoms with Crippen molar-refractivity contribution in [2.24, 2.45) is 0 Å². The highest BCUT2D eigenvalue weighted by atomic mass is 32.2. The molecule has 3 rings (SSSR count). The first-order chi connectivity index (χ1) is 10.7. The molecule has 2 amide bonds. The molecule has 1 unspecified atom stereocenters. The number of amides is 2. The first kappa shape index (κ1) is 15.4. The third-order valence-electron chi connectivity index (χ3n) is 4.05. The summed E-state index contributed by atoms with van der Waals surface area (Å²) in [6.45, 7) is 2.49. The average molecular weight is 319 g/mol. The van der Waals surface area contributed by atoms with Crippen molar-refractivity contribution >= 4 is 29.3 Å². The van der Waals surface area contributed by atoms with Gasteiger partial charge in [-0.3, -0.25) is 9.59 Å². The molecule has 1 atom stereocenters. The summed E-state index contributed by atoms with van der Waals surface area (Å²) in [5, 5.41) is 6.08. The minimum absolute atomic E-state index is 0.0172. The number of anilines is 1. The normalized spacial score (nSPS) is 21.6. The van der Waals surface area contributed by atoms with Crippen molar-refractivity contribution in [3.63, 3.8) is 0 Å². The van der Waals surface area contributed by atoms with Crippen molar-refractivity contribution in [2.45, 2.75) is 18.9 Å². The Labute approximate surface area is 134 Å². The minimum Gasteiger partial charge on any atom is -0.337 e. The molecule has 2 fully saturated rings. The van der Waals surface area contributed by atoms with Crippen LogP contribution in [0.4, 0.5) is 5.69 Å². The summed E-state index contributed by atoms with van der Waals surface area (Å²) < 4.78 is 0. The number of nitrogens with zero attached hydrogens (tertiary/aromatic N) is 1. The molecule has 1 aromatic rings. The molecule has 2 heterocycles. The van der Waals surface area contributed by atoms with Crippen LogP contribution in [0, 0.1) is 0 Å². The number of hydrogen-bond donors (Lipinski definition) is 2. The lowest BCUT2D eigenvalue weighted by Crippen LogP contribution is -2.38. The smallest absolute Gasteiger partial charge is 0.253 e. The molecule has 2 N–H and O–H groups in total. The zero-order chi connectivity index (χ0) is 15.4. The van der Waals surface area contributed by atoms with Crippen LogP contribution in [0.5, 0.6) is 0 Å². The standard InChI is InChI=1S/C16H21N3O2S/c20-15(14-5-2-6-17-14)18-13-4-1-3-12(11-13)16(21)19-7-9-22-10-8-19/h1,3-4,11,14,17H,2,5-10H2,(H,18,20). The zero-order valence-electron chi connectivity index (χ0n) is 12.5. The van der Waals surface area contributed by atoms with Crippen LogP contribution in [0.3, 0.4) is 0 Å². The average Bonchev–Trinajstić information content (AvgIpc) is 3.10. The van der Waals surface area contributed by atoms with Crippen LogP contribution in [0.1, 0.15) is 23.2 Å². The number of nitrogens with one attached hydrogen (secondary N) is 2. The van der Waals surface area contributed by atoms with Crippen LogP contribution >= 0.6 is 11.8 Å². The molecule has 0 bridgehead atoms. The molecular weight excluding hydrogens is 298 g/mol. The maximum Gasteiger partial charge on any atom is 0.253 e. The van der Waals surface area contributed by atoms with E-state index < -0.39 is 0 Å². The molecule has 0 radical (unpaired) electrons. The van der Waals surface area contributed by atoms with Crippen LogP contribution in [-0.2, 0) is 4.79 Å². The van der Waals surface area contributed by atoms with Crippen molar-refractivity contribution in [1.82, 2.24) is 10.2 Å². The second-order valence-corrected chi connectivity index (χ2v) is 6.85. The Kier molecular flexibility index (Phi) is 5.00. The van der Waals surface area contributed by atoms with Crippen LogP contribution in [-0.4, -0.2) is 53.9 Å². The molecular formula is C16H21N3O2S. The Balaban J connectivity index is 1.66. The third kappa shape index (κ3) is 3.62. The summed E-state index contributed by atoms with van der Waals surface area (Å²) in [5.74, 6) is 2.03. The predicted molar refractivity (Wildman–Crippen MR) is 89.3 cm³/mol. The molecule has 0 aliphatic carbocycles.